The number of halogens is 1. The van der Waals surface area contributed by atoms with E-state index in [1.54, 1.807) is 43.0 Å². The molecule has 0 atom stereocenters. The summed E-state index contributed by atoms with van der Waals surface area (Å²) in [7, 11) is 0. The summed E-state index contributed by atoms with van der Waals surface area (Å²) in [6, 6.07) is 7.19. The molecule has 5 heteroatoms. The highest BCUT2D eigenvalue weighted by atomic mass is 35.5. The first-order chi connectivity index (χ1) is 9.94. The summed E-state index contributed by atoms with van der Waals surface area (Å²) in [6.45, 7) is 3.84. The molecular formula is C16H22ClNO3. The van der Waals surface area contributed by atoms with E-state index in [9.17, 15) is 9.90 Å². The van der Waals surface area contributed by atoms with E-state index < -0.39 is 5.60 Å². The predicted molar refractivity (Wildman–Crippen MR) is 82.6 cm³/mol. The van der Waals surface area contributed by atoms with Gasteiger partial charge in [-0.3, -0.25) is 4.79 Å². The third kappa shape index (κ3) is 3.89. The monoisotopic (exact) mass is 311 g/mol. The maximum Gasteiger partial charge on any atom is 0.266 e. The van der Waals surface area contributed by atoms with Crippen molar-refractivity contribution in [2.24, 2.45) is 0 Å². The quantitative estimate of drug-likeness (QED) is 0.879. The van der Waals surface area contributed by atoms with Crippen LogP contribution in [0.15, 0.2) is 24.3 Å². The Bertz CT molecular complexity index is 483. The summed E-state index contributed by atoms with van der Waals surface area (Å²) in [4.78, 5) is 14.5. The third-order valence-corrected chi connectivity index (χ3v) is 4.07. The number of ether oxygens (including phenoxy) is 1. The molecule has 0 saturated heterocycles. The fourth-order valence-electron chi connectivity index (χ4n) is 2.44. The lowest BCUT2D eigenvalue weighted by Gasteiger charge is -2.41. The van der Waals surface area contributed by atoms with Crippen molar-refractivity contribution >= 4 is 17.5 Å². The first-order valence-corrected chi connectivity index (χ1v) is 7.68. The minimum atomic E-state index is -0.974. The van der Waals surface area contributed by atoms with Crippen molar-refractivity contribution in [1.82, 2.24) is 4.90 Å². The molecule has 0 aliphatic heterocycles. The zero-order chi connectivity index (χ0) is 15.5. The highest BCUT2D eigenvalue weighted by Gasteiger charge is 2.38. The largest absolute Gasteiger partial charge is 0.478 e. The van der Waals surface area contributed by atoms with Crippen LogP contribution in [0.1, 0.15) is 33.1 Å². The van der Waals surface area contributed by atoms with Crippen molar-refractivity contribution in [1.29, 1.82) is 0 Å². The van der Waals surface area contributed by atoms with Gasteiger partial charge in [0.1, 0.15) is 5.75 Å². The Balaban J connectivity index is 2.08. The molecule has 2 rings (SSSR count). The molecule has 0 heterocycles. The summed E-state index contributed by atoms with van der Waals surface area (Å²) in [6.07, 6.45) is 3.14. The molecule has 4 nitrogen and oxygen atoms in total. The Morgan fingerprint density at radius 2 is 2.00 bits per heavy atom. The molecule has 1 amide bonds. The number of rotatable bonds is 6. The van der Waals surface area contributed by atoms with Gasteiger partial charge in [-0.2, -0.15) is 0 Å². The van der Waals surface area contributed by atoms with Gasteiger partial charge in [-0.05, 0) is 57.4 Å². The zero-order valence-corrected chi connectivity index (χ0v) is 13.3. The van der Waals surface area contributed by atoms with Gasteiger partial charge in [0.25, 0.3) is 5.91 Å². The van der Waals surface area contributed by atoms with Crippen LogP contribution in [0.25, 0.3) is 0 Å². The number of aliphatic hydroxyl groups is 1. The summed E-state index contributed by atoms with van der Waals surface area (Å²) in [5.74, 6) is 0.520. The van der Waals surface area contributed by atoms with Gasteiger partial charge in [-0.1, -0.05) is 11.6 Å². The van der Waals surface area contributed by atoms with Crippen molar-refractivity contribution in [3.05, 3.63) is 29.3 Å². The summed E-state index contributed by atoms with van der Waals surface area (Å²) in [5, 5.41) is 9.82. The Kier molecular flexibility index (Phi) is 5.12. The Hall–Kier alpha value is -1.26. The van der Waals surface area contributed by atoms with Crippen LogP contribution in [0.2, 0.25) is 5.02 Å². The number of aliphatic hydroxyl groups excluding tert-OH is 1. The number of amides is 1. The van der Waals surface area contributed by atoms with Gasteiger partial charge >= 0.3 is 0 Å². The highest BCUT2D eigenvalue weighted by molar-refractivity contribution is 6.30. The standard InChI is InChI=1S/C16H22ClNO3/c1-16(2,21-14-8-6-12(17)7-9-14)15(20)18(10-11-19)13-4-3-5-13/h6-9,13,19H,3-5,10-11H2,1-2H3. The first kappa shape index (κ1) is 16.1. The maximum atomic E-state index is 12.7. The summed E-state index contributed by atoms with van der Waals surface area (Å²) >= 11 is 5.85. The lowest BCUT2D eigenvalue weighted by atomic mass is 9.90. The van der Waals surface area contributed by atoms with E-state index >= 15 is 0 Å². The second kappa shape index (κ2) is 6.67. The molecule has 1 aromatic carbocycles. The number of benzene rings is 1. The van der Waals surface area contributed by atoms with Gasteiger partial charge < -0.3 is 14.7 Å². The Morgan fingerprint density at radius 3 is 2.48 bits per heavy atom. The predicted octanol–water partition coefficient (Wildman–Crippen LogP) is 2.87. The third-order valence-electron chi connectivity index (χ3n) is 3.82. The second-order valence-electron chi connectivity index (χ2n) is 5.87. The molecule has 0 bridgehead atoms. The number of carbonyl (C=O) groups is 1. The maximum absolute atomic E-state index is 12.7. The van der Waals surface area contributed by atoms with E-state index in [0.717, 1.165) is 19.3 Å². The molecule has 1 aromatic rings. The topological polar surface area (TPSA) is 49.8 Å². The van der Waals surface area contributed by atoms with Crippen molar-refractivity contribution in [3.8, 4) is 5.75 Å². The molecule has 1 fully saturated rings. The molecule has 21 heavy (non-hydrogen) atoms. The Labute approximate surface area is 130 Å². The minimum absolute atomic E-state index is 0.0285. The van der Waals surface area contributed by atoms with E-state index in [1.165, 1.54) is 0 Å². The SMILES string of the molecule is CC(C)(Oc1ccc(Cl)cc1)C(=O)N(CCO)C1CCC1. The molecule has 0 aromatic heterocycles. The lowest BCUT2D eigenvalue weighted by molar-refractivity contribution is -0.150. The van der Waals surface area contributed by atoms with Crippen LogP contribution >= 0.6 is 11.6 Å². The second-order valence-corrected chi connectivity index (χ2v) is 6.31. The van der Waals surface area contributed by atoms with Crippen molar-refractivity contribution in [2.75, 3.05) is 13.2 Å². The number of nitrogens with zero attached hydrogens (tertiary/aromatic N) is 1. The number of hydrogen-bond acceptors (Lipinski definition) is 3. The molecule has 1 N–H and O–H groups in total. The number of carbonyl (C=O) groups excluding carboxylic acids is 1. The van der Waals surface area contributed by atoms with E-state index in [2.05, 4.69) is 0 Å². The average molecular weight is 312 g/mol. The van der Waals surface area contributed by atoms with Crippen molar-refractivity contribution in [2.45, 2.75) is 44.8 Å². The normalized spacial score (nSPS) is 15.4. The van der Waals surface area contributed by atoms with Crippen LogP contribution in [0.4, 0.5) is 0 Å². The zero-order valence-electron chi connectivity index (χ0n) is 12.5. The summed E-state index contributed by atoms with van der Waals surface area (Å²) < 4.78 is 5.83. The molecule has 1 aliphatic rings. The fourth-order valence-corrected chi connectivity index (χ4v) is 2.57. The van der Waals surface area contributed by atoms with Crippen LogP contribution in [-0.2, 0) is 4.79 Å². The van der Waals surface area contributed by atoms with Gasteiger partial charge in [-0.15, -0.1) is 0 Å². The van der Waals surface area contributed by atoms with Crippen molar-refractivity contribution < 1.29 is 14.6 Å². The van der Waals surface area contributed by atoms with Gasteiger partial charge in [0.2, 0.25) is 0 Å². The van der Waals surface area contributed by atoms with Gasteiger partial charge in [0.15, 0.2) is 5.60 Å². The van der Waals surface area contributed by atoms with Crippen LogP contribution in [0.3, 0.4) is 0 Å². The highest BCUT2D eigenvalue weighted by Crippen LogP contribution is 2.28. The van der Waals surface area contributed by atoms with Gasteiger partial charge in [0.05, 0.1) is 6.61 Å². The molecule has 1 aliphatic carbocycles. The molecular weight excluding hydrogens is 290 g/mol. The van der Waals surface area contributed by atoms with Gasteiger partial charge in [-0.25, -0.2) is 0 Å². The van der Waals surface area contributed by atoms with Crippen LogP contribution in [0.5, 0.6) is 5.75 Å². The average Bonchev–Trinajstić information content (AvgIpc) is 2.38. The smallest absolute Gasteiger partial charge is 0.266 e. The molecule has 116 valence electrons. The lowest BCUT2D eigenvalue weighted by Crippen LogP contribution is -2.55. The molecule has 0 unspecified atom stereocenters. The molecule has 0 radical (unpaired) electrons. The first-order valence-electron chi connectivity index (χ1n) is 7.30. The van der Waals surface area contributed by atoms with E-state index in [1.807, 2.05) is 0 Å². The van der Waals surface area contributed by atoms with Crippen LogP contribution in [0, 0.1) is 0 Å². The van der Waals surface area contributed by atoms with E-state index in [-0.39, 0.29) is 18.6 Å². The Morgan fingerprint density at radius 1 is 1.38 bits per heavy atom. The van der Waals surface area contributed by atoms with Crippen LogP contribution < -0.4 is 4.74 Å². The van der Waals surface area contributed by atoms with Crippen LogP contribution in [-0.4, -0.2) is 40.7 Å². The minimum Gasteiger partial charge on any atom is -0.478 e. The van der Waals surface area contributed by atoms with Gasteiger partial charge in [0, 0.05) is 17.6 Å². The van der Waals surface area contributed by atoms with E-state index in [0.29, 0.717) is 17.3 Å². The summed E-state index contributed by atoms with van der Waals surface area (Å²) in [5.41, 5.74) is -0.974. The van der Waals surface area contributed by atoms with Crippen molar-refractivity contribution in [3.63, 3.8) is 0 Å². The molecule has 1 saturated carbocycles. The fraction of sp³-hybridized carbons (Fsp3) is 0.562. The van der Waals surface area contributed by atoms with E-state index in [4.69, 9.17) is 16.3 Å². The molecule has 0 spiro atoms. The number of hydrogen-bond donors (Lipinski definition) is 1.